The average molecular weight is 136 g/mol. The van der Waals surface area contributed by atoms with E-state index < -0.39 is 0 Å². The van der Waals surface area contributed by atoms with E-state index in [0.717, 1.165) is 5.01 Å². The predicted octanol–water partition coefficient (Wildman–Crippen LogP) is 1.68. The van der Waals surface area contributed by atoms with Gasteiger partial charge in [0.15, 0.2) is 0 Å². The summed E-state index contributed by atoms with van der Waals surface area (Å²) in [6.45, 7) is 0. The van der Waals surface area contributed by atoms with Crippen molar-refractivity contribution in [3.05, 3.63) is 22.7 Å². The minimum absolute atomic E-state index is 0.872. The predicted molar refractivity (Wildman–Crippen MR) is 36.8 cm³/mol. The van der Waals surface area contributed by atoms with Crippen molar-refractivity contribution in [2.24, 2.45) is 0 Å². The molecule has 3 heteroatoms. The van der Waals surface area contributed by atoms with Gasteiger partial charge in [0, 0.05) is 17.7 Å². The van der Waals surface area contributed by atoms with Gasteiger partial charge in [-0.25, -0.2) is 4.98 Å². The summed E-state index contributed by atoms with van der Waals surface area (Å²) >= 11 is 1.51. The topological polar surface area (TPSA) is 36.7 Å². The Bertz CT molecular complexity index is 230. The second kappa shape index (κ2) is 3.00. The maximum absolute atomic E-state index is 8.11. The molecule has 1 aromatic heterocycles. The fourth-order valence-corrected chi connectivity index (χ4v) is 0.955. The lowest BCUT2D eigenvalue weighted by atomic mass is 10.5. The summed E-state index contributed by atoms with van der Waals surface area (Å²) in [6, 6.07) is 1.89. The Morgan fingerprint density at radius 3 is 3.22 bits per heavy atom. The number of rotatable bonds is 1. The number of thiazole rings is 1. The van der Waals surface area contributed by atoms with E-state index in [0.29, 0.717) is 0 Å². The van der Waals surface area contributed by atoms with Gasteiger partial charge in [0.25, 0.3) is 0 Å². The third-order valence-electron chi connectivity index (χ3n) is 0.752. The molecular formula is C6H4N2S. The molecule has 9 heavy (non-hydrogen) atoms. The van der Waals surface area contributed by atoms with Crippen molar-refractivity contribution in [1.82, 2.24) is 4.98 Å². The van der Waals surface area contributed by atoms with E-state index in [4.69, 9.17) is 5.26 Å². The van der Waals surface area contributed by atoms with Gasteiger partial charge in [-0.1, -0.05) is 0 Å². The van der Waals surface area contributed by atoms with Gasteiger partial charge in [-0.15, -0.1) is 11.3 Å². The molecule has 0 bridgehead atoms. The number of hydrogen-bond donors (Lipinski definition) is 0. The van der Waals surface area contributed by atoms with Crippen LogP contribution in [0.15, 0.2) is 17.7 Å². The monoisotopic (exact) mass is 136 g/mol. The first-order valence-corrected chi connectivity index (χ1v) is 3.27. The first-order valence-electron chi connectivity index (χ1n) is 2.39. The normalized spacial score (nSPS) is 9.67. The van der Waals surface area contributed by atoms with Gasteiger partial charge in [-0.05, 0) is 6.08 Å². The van der Waals surface area contributed by atoms with E-state index in [9.17, 15) is 0 Å². The van der Waals surface area contributed by atoms with Crippen molar-refractivity contribution in [3.8, 4) is 6.07 Å². The van der Waals surface area contributed by atoms with E-state index in [1.54, 1.807) is 12.3 Å². The second-order valence-corrected chi connectivity index (χ2v) is 2.26. The molecule has 0 radical (unpaired) electrons. The first-order chi connectivity index (χ1) is 4.43. The molecule has 0 saturated carbocycles. The lowest BCUT2D eigenvalue weighted by molar-refractivity contribution is 1.39. The zero-order chi connectivity index (χ0) is 6.53. The van der Waals surface area contributed by atoms with Crippen LogP contribution in [0, 0.1) is 11.3 Å². The second-order valence-electron chi connectivity index (χ2n) is 1.33. The summed E-state index contributed by atoms with van der Waals surface area (Å²) in [5.41, 5.74) is 0. The van der Waals surface area contributed by atoms with Gasteiger partial charge in [-0.3, -0.25) is 0 Å². The zero-order valence-corrected chi connectivity index (χ0v) is 5.43. The van der Waals surface area contributed by atoms with Crippen LogP contribution in [0.25, 0.3) is 6.08 Å². The Morgan fingerprint density at radius 1 is 1.78 bits per heavy atom. The molecule has 0 saturated heterocycles. The van der Waals surface area contributed by atoms with Crippen LogP contribution in [-0.4, -0.2) is 4.98 Å². The van der Waals surface area contributed by atoms with Crippen LogP contribution in [0.1, 0.15) is 5.01 Å². The van der Waals surface area contributed by atoms with Crippen LogP contribution >= 0.6 is 11.3 Å². The van der Waals surface area contributed by atoms with Crippen LogP contribution in [0.2, 0.25) is 0 Å². The largest absolute Gasteiger partial charge is 0.245 e. The molecule has 0 aliphatic heterocycles. The maximum Gasteiger partial charge on any atom is 0.116 e. The molecule has 0 fully saturated rings. The molecular weight excluding hydrogens is 132 g/mol. The summed E-state index contributed by atoms with van der Waals surface area (Å²) < 4.78 is 0. The standard InChI is InChI=1S/C6H4N2S/c7-3-1-2-6-8-4-5-9-6/h1-2,4-5H. The molecule has 0 N–H and O–H groups in total. The lowest BCUT2D eigenvalue weighted by Crippen LogP contribution is -1.61. The van der Waals surface area contributed by atoms with E-state index in [2.05, 4.69) is 4.98 Å². The van der Waals surface area contributed by atoms with Crippen molar-refractivity contribution < 1.29 is 0 Å². The quantitative estimate of drug-likeness (QED) is 0.551. The molecule has 0 atom stereocenters. The Morgan fingerprint density at radius 2 is 2.67 bits per heavy atom. The number of allylic oxidation sites excluding steroid dienone is 1. The lowest BCUT2D eigenvalue weighted by Gasteiger charge is -1.72. The number of hydrogen-bond acceptors (Lipinski definition) is 3. The highest BCUT2D eigenvalue weighted by molar-refractivity contribution is 7.10. The van der Waals surface area contributed by atoms with Crippen LogP contribution in [-0.2, 0) is 0 Å². The van der Waals surface area contributed by atoms with Crippen LogP contribution in [0.3, 0.4) is 0 Å². The fourth-order valence-electron chi connectivity index (χ4n) is 0.425. The summed E-state index contributed by atoms with van der Waals surface area (Å²) in [7, 11) is 0. The highest BCUT2D eigenvalue weighted by Gasteiger charge is 1.83. The molecule has 44 valence electrons. The minimum atomic E-state index is 0.872. The minimum Gasteiger partial charge on any atom is -0.245 e. The third-order valence-corrected chi connectivity index (χ3v) is 1.49. The summed E-state index contributed by atoms with van der Waals surface area (Å²) in [6.07, 6.45) is 4.81. The van der Waals surface area contributed by atoms with Crippen LogP contribution < -0.4 is 0 Å². The van der Waals surface area contributed by atoms with Gasteiger partial charge in [-0.2, -0.15) is 5.26 Å². The zero-order valence-electron chi connectivity index (χ0n) is 4.61. The van der Waals surface area contributed by atoms with E-state index in [1.165, 1.54) is 17.4 Å². The fraction of sp³-hybridized carbons (Fsp3) is 0. The van der Waals surface area contributed by atoms with E-state index in [1.807, 2.05) is 11.4 Å². The molecule has 1 aromatic rings. The van der Waals surface area contributed by atoms with Crippen molar-refractivity contribution in [2.45, 2.75) is 0 Å². The van der Waals surface area contributed by atoms with Crippen LogP contribution in [0.5, 0.6) is 0 Å². The van der Waals surface area contributed by atoms with Crippen molar-refractivity contribution >= 4 is 17.4 Å². The Kier molecular flexibility index (Phi) is 2.00. The number of nitrogens with zero attached hydrogens (tertiary/aromatic N) is 2. The van der Waals surface area contributed by atoms with Crippen molar-refractivity contribution in [2.75, 3.05) is 0 Å². The summed E-state index contributed by atoms with van der Waals surface area (Å²) in [5, 5.41) is 10.8. The maximum atomic E-state index is 8.11. The molecule has 0 spiro atoms. The number of aromatic nitrogens is 1. The smallest absolute Gasteiger partial charge is 0.116 e. The van der Waals surface area contributed by atoms with Gasteiger partial charge in [0.05, 0.1) is 6.07 Å². The average Bonchev–Trinajstić information content (AvgIpc) is 2.34. The number of nitriles is 1. The van der Waals surface area contributed by atoms with Gasteiger partial charge in [0.1, 0.15) is 5.01 Å². The Hall–Kier alpha value is -1.14. The summed E-state index contributed by atoms with van der Waals surface area (Å²) in [4.78, 5) is 3.93. The van der Waals surface area contributed by atoms with E-state index >= 15 is 0 Å². The van der Waals surface area contributed by atoms with Gasteiger partial charge in [0.2, 0.25) is 0 Å². The molecule has 0 aliphatic rings. The Labute approximate surface area is 57.1 Å². The highest BCUT2D eigenvalue weighted by atomic mass is 32.1. The molecule has 0 aliphatic carbocycles. The van der Waals surface area contributed by atoms with E-state index in [-0.39, 0.29) is 0 Å². The van der Waals surface area contributed by atoms with Gasteiger partial charge >= 0.3 is 0 Å². The van der Waals surface area contributed by atoms with Crippen molar-refractivity contribution in [1.29, 1.82) is 5.26 Å². The molecule has 1 heterocycles. The molecule has 2 nitrogen and oxygen atoms in total. The SMILES string of the molecule is N#CC=Cc1nccs1. The molecule has 0 unspecified atom stereocenters. The van der Waals surface area contributed by atoms with Crippen molar-refractivity contribution in [3.63, 3.8) is 0 Å². The molecule has 0 aromatic carbocycles. The summed E-state index contributed by atoms with van der Waals surface area (Å²) in [5.74, 6) is 0. The van der Waals surface area contributed by atoms with Gasteiger partial charge < -0.3 is 0 Å². The Balaban J connectivity index is 2.71. The molecule has 1 rings (SSSR count). The molecule has 0 amide bonds. The third kappa shape index (κ3) is 1.67. The van der Waals surface area contributed by atoms with Crippen LogP contribution in [0.4, 0.5) is 0 Å². The highest BCUT2D eigenvalue weighted by Crippen LogP contribution is 2.04. The first kappa shape index (κ1) is 5.99.